The minimum absolute atomic E-state index is 0.622. The number of hydrogen-bond acceptors (Lipinski definition) is 3. The summed E-state index contributed by atoms with van der Waals surface area (Å²) in [6.07, 6.45) is 3.45. The van der Waals surface area contributed by atoms with Gasteiger partial charge in [0, 0.05) is 25.5 Å². The number of aryl methyl sites for hydroxylation is 1. The van der Waals surface area contributed by atoms with E-state index in [2.05, 4.69) is 15.4 Å². The van der Waals surface area contributed by atoms with Crippen LogP contribution in [0.25, 0.3) is 0 Å². The molecule has 0 aliphatic carbocycles. The zero-order valence-electron chi connectivity index (χ0n) is 7.61. The third kappa shape index (κ3) is 2.03. The number of hydrogen-bond donors (Lipinski definition) is 1. The zero-order valence-corrected chi connectivity index (χ0v) is 8.36. The summed E-state index contributed by atoms with van der Waals surface area (Å²) in [4.78, 5) is 4.09. The van der Waals surface area contributed by atoms with E-state index in [0.29, 0.717) is 5.02 Å². The molecule has 2 heterocycles. The van der Waals surface area contributed by atoms with Crippen molar-refractivity contribution >= 4 is 23.2 Å². The van der Waals surface area contributed by atoms with Crippen molar-refractivity contribution < 1.29 is 0 Å². The second kappa shape index (κ2) is 3.67. The fourth-order valence-corrected chi connectivity index (χ4v) is 1.17. The molecule has 5 heteroatoms. The number of nitrogens with zero attached hydrogens (tertiary/aromatic N) is 3. The fraction of sp³-hybridized carbons (Fsp3) is 0.111. The van der Waals surface area contributed by atoms with Crippen molar-refractivity contribution in [1.82, 2.24) is 14.8 Å². The van der Waals surface area contributed by atoms with Crippen molar-refractivity contribution in [3.63, 3.8) is 0 Å². The molecule has 0 aromatic carbocycles. The fourth-order valence-electron chi connectivity index (χ4n) is 1.06. The van der Waals surface area contributed by atoms with Crippen molar-refractivity contribution in [2.75, 3.05) is 5.32 Å². The second-order valence-electron chi connectivity index (χ2n) is 2.86. The molecule has 14 heavy (non-hydrogen) atoms. The van der Waals surface area contributed by atoms with Gasteiger partial charge in [0.05, 0.1) is 5.02 Å². The van der Waals surface area contributed by atoms with Crippen LogP contribution in [-0.4, -0.2) is 14.8 Å². The van der Waals surface area contributed by atoms with Crippen LogP contribution in [0.3, 0.4) is 0 Å². The van der Waals surface area contributed by atoms with Gasteiger partial charge in [-0.05, 0) is 12.1 Å². The highest BCUT2D eigenvalue weighted by Crippen LogP contribution is 2.13. The SMILES string of the molecule is Cn1ccc(Nc2ccc(Cl)cn2)n1. The largest absolute Gasteiger partial charge is 0.323 e. The van der Waals surface area contributed by atoms with E-state index < -0.39 is 0 Å². The summed E-state index contributed by atoms with van der Waals surface area (Å²) in [7, 11) is 1.86. The van der Waals surface area contributed by atoms with Gasteiger partial charge in [-0.1, -0.05) is 11.6 Å². The first-order valence-corrected chi connectivity index (χ1v) is 4.50. The van der Waals surface area contributed by atoms with E-state index >= 15 is 0 Å². The summed E-state index contributed by atoms with van der Waals surface area (Å²) in [6, 6.07) is 5.45. The Labute approximate surface area is 86.5 Å². The van der Waals surface area contributed by atoms with Gasteiger partial charge >= 0.3 is 0 Å². The van der Waals surface area contributed by atoms with Crippen LogP contribution in [0, 0.1) is 0 Å². The number of nitrogens with one attached hydrogen (secondary N) is 1. The Morgan fingerprint density at radius 1 is 1.29 bits per heavy atom. The van der Waals surface area contributed by atoms with E-state index in [9.17, 15) is 0 Å². The van der Waals surface area contributed by atoms with Crippen LogP contribution in [0.5, 0.6) is 0 Å². The Bertz CT molecular complexity index is 421. The molecule has 0 unspecified atom stereocenters. The van der Waals surface area contributed by atoms with Crippen LogP contribution in [0.1, 0.15) is 0 Å². The highest BCUT2D eigenvalue weighted by Gasteiger charge is 1.97. The Hall–Kier alpha value is -1.55. The van der Waals surface area contributed by atoms with Gasteiger partial charge in [-0.25, -0.2) is 4.98 Å². The maximum Gasteiger partial charge on any atom is 0.153 e. The van der Waals surface area contributed by atoms with Crippen molar-refractivity contribution in [2.45, 2.75) is 0 Å². The summed E-state index contributed by atoms with van der Waals surface area (Å²) in [6.45, 7) is 0. The molecular formula is C9H9ClN4. The van der Waals surface area contributed by atoms with Gasteiger partial charge in [0.2, 0.25) is 0 Å². The van der Waals surface area contributed by atoms with E-state index in [1.54, 1.807) is 23.0 Å². The molecule has 0 spiro atoms. The van der Waals surface area contributed by atoms with Crippen molar-refractivity contribution in [2.24, 2.45) is 7.05 Å². The molecule has 0 saturated carbocycles. The van der Waals surface area contributed by atoms with E-state index in [1.165, 1.54) is 0 Å². The molecule has 0 fully saturated rings. The molecular weight excluding hydrogens is 200 g/mol. The predicted molar refractivity (Wildman–Crippen MR) is 55.7 cm³/mol. The van der Waals surface area contributed by atoms with Crippen LogP contribution < -0.4 is 5.32 Å². The van der Waals surface area contributed by atoms with Crippen LogP contribution >= 0.6 is 11.6 Å². The number of halogens is 1. The highest BCUT2D eigenvalue weighted by atomic mass is 35.5. The van der Waals surface area contributed by atoms with Gasteiger partial charge in [-0.3, -0.25) is 4.68 Å². The molecule has 0 atom stereocenters. The average molecular weight is 209 g/mol. The van der Waals surface area contributed by atoms with Gasteiger partial charge in [0.15, 0.2) is 5.82 Å². The lowest BCUT2D eigenvalue weighted by Gasteiger charge is -2.00. The highest BCUT2D eigenvalue weighted by molar-refractivity contribution is 6.30. The van der Waals surface area contributed by atoms with Gasteiger partial charge in [-0.2, -0.15) is 5.10 Å². The maximum atomic E-state index is 5.71. The van der Waals surface area contributed by atoms with Crippen LogP contribution in [0.2, 0.25) is 5.02 Å². The van der Waals surface area contributed by atoms with E-state index in [0.717, 1.165) is 11.6 Å². The lowest BCUT2D eigenvalue weighted by atomic mass is 10.4. The van der Waals surface area contributed by atoms with E-state index in [-0.39, 0.29) is 0 Å². The van der Waals surface area contributed by atoms with Crippen molar-refractivity contribution in [3.05, 3.63) is 35.6 Å². The summed E-state index contributed by atoms with van der Waals surface area (Å²) < 4.78 is 1.72. The Kier molecular flexibility index (Phi) is 2.37. The number of pyridine rings is 1. The van der Waals surface area contributed by atoms with Crippen molar-refractivity contribution in [1.29, 1.82) is 0 Å². The van der Waals surface area contributed by atoms with Crippen molar-refractivity contribution in [3.8, 4) is 0 Å². The zero-order chi connectivity index (χ0) is 9.97. The Morgan fingerprint density at radius 2 is 2.14 bits per heavy atom. The molecule has 2 aromatic rings. The summed E-state index contributed by atoms with van der Waals surface area (Å²) in [5.74, 6) is 1.50. The number of anilines is 2. The summed E-state index contributed by atoms with van der Waals surface area (Å²) in [5.41, 5.74) is 0. The molecule has 4 nitrogen and oxygen atoms in total. The molecule has 2 aromatic heterocycles. The number of rotatable bonds is 2. The summed E-state index contributed by atoms with van der Waals surface area (Å²) >= 11 is 5.71. The molecule has 0 aliphatic rings. The average Bonchev–Trinajstić information content (AvgIpc) is 2.56. The molecule has 1 N–H and O–H groups in total. The van der Waals surface area contributed by atoms with E-state index in [4.69, 9.17) is 11.6 Å². The Morgan fingerprint density at radius 3 is 2.71 bits per heavy atom. The topological polar surface area (TPSA) is 42.7 Å². The normalized spacial score (nSPS) is 10.1. The lowest BCUT2D eigenvalue weighted by Crippen LogP contribution is -1.95. The lowest BCUT2D eigenvalue weighted by molar-refractivity contribution is 0.771. The third-order valence-electron chi connectivity index (χ3n) is 1.70. The quantitative estimate of drug-likeness (QED) is 0.823. The summed E-state index contributed by atoms with van der Waals surface area (Å²) in [5, 5.41) is 7.83. The third-order valence-corrected chi connectivity index (χ3v) is 1.92. The predicted octanol–water partition coefficient (Wildman–Crippen LogP) is 2.21. The van der Waals surface area contributed by atoms with Gasteiger partial charge in [0.25, 0.3) is 0 Å². The monoisotopic (exact) mass is 208 g/mol. The first-order valence-electron chi connectivity index (χ1n) is 4.12. The molecule has 0 aliphatic heterocycles. The maximum absolute atomic E-state index is 5.71. The second-order valence-corrected chi connectivity index (χ2v) is 3.30. The van der Waals surface area contributed by atoms with E-state index in [1.807, 2.05) is 19.3 Å². The molecule has 0 amide bonds. The standard InChI is InChI=1S/C9H9ClN4/c1-14-5-4-9(13-14)12-8-3-2-7(10)6-11-8/h2-6H,1H3,(H,11,12,13). The molecule has 2 rings (SSSR count). The molecule has 0 saturated heterocycles. The van der Waals surface area contributed by atoms with Gasteiger partial charge in [0.1, 0.15) is 5.82 Å². The molecule has 0 bridgehead atoms. The molecule has 0 radical (unpaired) electrons. The number of aromatic nitrogens is 3. The Balaban J connectivity index is 2.15. The van der Waals surface area contributed by atoms with Crippen LogP contribution in [0.4, 0.5) is 11.6 Å². The minimum Gasteiger partial charge on any atom is -0.323 e. The first-order chi connectivity index (χ1) is 6.74. The first kappa shape index (κ1) is 9.02. The van der Waals surface area contributed by atoms with Crippen LogP contribution in [-0.2, 0) is 7.05 Å². The smallest absolute Gasteiger partial charge is 0.153 e. The van der Waals surface area contributed by atoms with Gasteiger partial charge in [-0.15, -0.1) is 0 Å². The van der Waals surface area contributed by atoms with Gasteiger partial charge < -0.3 is 5.32 Å². The van der Waals surface area contributed by atoms with Crippen LogP contribution in [0.15, 0.2) is 30.6 Å². The minimum atomic E-state index is 0.622. The molecule has 72 valence electrons.